The molecule has 0 aromatic heterocycles. The Labute approximate surface area is 138 Å². The molecule has 0 saturated carbocycles. The van der Waals surface area contributed by atoms with Crippen LogP contribution in [0.5, 0.6) is 0 Å². The third kappa shape index (κ3) is 4.33. The van der Waals surface area contributed by atoms with E-state index in [1.165, 1.54) is 24.3 Å². The van der Waals surface area contributed by atoms with Gasteiger partial charge in [-0.1, -0.05) is 43.3 Å². The first-order valence-corrected chi connectivity index (χ1v) is 7.66. The lowest BCUT2D eigenvalue weighted by molar-refractivity contribution is -0.139. The van der Waals surface area contributed by atoms with Gasteiger partial charge in [0.1, 0.15) is 5.82 Å². The third-order valence-electron chi connectivity index (χ3n) is 3.87. The van der Waals surface area contributed by atoms with Crippen LogP contribution in [0, 0.1) is 5.82 Å². The fourth-order valence-electron chi connectivity index (χ4n) is 2.64. The summed E-state index contributed by atoms with van der Waals surface area (Å²) >= 11 is 0. The van der Waals surface area contributed by atoms with Gasteiger partial charge in [0.05, 0.1) is 11.7 Å². The summed E-state index contributed by atoms with van der Waals surface area (Å²) in [6.45, 7) is 1.72. The average molecular weight is 341 g/mol. The van der Waals surface area contributed by atoms with E-state index in [4.69, 9.17) is 0 Å². The molecule has 0 amide bonds. The first-order valence-electron chi connectivity index (χ1n) is 7.66. The molecule has 2 aromatic carbocycles. The Morgan fingerprint density at radius 2 is 1.58 bits per heavy atom. The first kappa shape index (κ1) is 18.4. The molecule has 2 nitrogen and oxygen atoms in total. The largest absolute Gasteiger partial charge is 0.416 e. The fourth-order valence-corrected chi connectivity index (χ4v) is 2.64. The standard InChI is InChI=1S/C18H19F4NO/c1-2-16(13-8-4-6-10-15(13)19)23-11-17(24)12-7-3-5-9-14(12)18(20,21)22/h3-10,16-17,23-24H,2,11H2,1H3/t16-,17?/m1/s1. The maximum atomic E-state index is 13.8. The summed E-state index contributed by atoms with van der Waals surface area (Å²) in [5.41, 5.74) is -0.629. The molecular weight excluding hydrogens is 322 g/mol. The zero-order valence-electron chi connectivity index (χ0n) is 13.1. The molecular formula is C18H19F4NO. The van der Waals surface area contributed by atoms with E-state index in [9.17, 15) is 22.7 Å². The smallest absolute Gasteiger partial charge is 0.387 e. The maximum Gasteiger partial charge on any atom is 0.416 e. The number of halogens is 4. The lowest BCUT2D eigenvalue weighted by atomic mass is 10.00. The lowest BCUT2D eigenvalue weighted by Gasteiger charge is -2.22. The van der Waals surface area contributed by atoms with E-state index in [2.05, 4.69) is 5.32 Å². The molecule has 130 valence electrons. The van der Waals surface area contributed by atoms with Gasteiger partial charge in [-0.2, -0.15) is 13.2 Å². The number of alkyl halides is 3. The number of rotatable bonds is 6. The molecule has 2 atom stereocenters. The molecule has 1 unspecified atom stereocenters. The summed E-state index contributed by atoms with van der Waals surface area (Å²) in [6, 6.07) is 10.7. The second-order valence-electron chi connectivity index (χ2n) is 5.49. The molecule has 0 aliphatic rings. The number of benzene rings is 2. The predicted octanol–water partition coefficient (Wildman–Crippen LogP) is 4.62. The molecule has 0 aliphatic heterocycles. The molecule has 0 aliphatic carbocycles. The van der Waals surface area contributed by atoms with Gasteiger partial charge in [0.15, 0.2) is 0 Å². The van der Waals surface area contributed by atoms with Crippen molar-refractivity contribution in [1.82, 2.24) is 5.32 Å². The second-order valence-corrected chi connectivity index (χ2v) is 5.49. The van der Waals surface area contributed by atoms with Crippen LogP contribution in [-0.4, -0.2) is 11.7 Å². The third-order valence-corrected chi connectivity index (χ3v) is 3.87. The van der Waals surface area contributed by atoms with Crippen molar-refractivity contribution in [2.75, 3.05) is 6.54 Å². The van der Waals surface area contributed by atoms with Crippen LogP contribution in [0.4, 0.5) is 17.6 Å². The molecule has 0 fully saturated rings. The number of nitrogens with one attached hydrogen (secondary N) is 1. The van der Waals surface area contributed by atoms with Gasteiger partial charge in [0, 0.05) is 18.2 Å². The molecule has 2 N–H and O–H groups in total. The number of aliphatic hydroxyl groups is 1. The van der Waals surface area contributed by atoms with Crippen LogP contribution in [-0.2, 0) is 6.18 Å². The van der Waals surface area contributed by atoms with Crippen LogP contribution in [0.25, 0.3) is 0 Å². The van der Waals surface area contributed by atoms with E-state index in [-0.39, 0.29) is 24.0 Å². The van der Waals surface area contributed by atoms with E-state index in [1.807, 2.05) is 6.92 Å². The van der Waals surface area contributed by atoms with E-state index < -0.39 is 17.8 Å². The van der Waals surface area contributed by atoms with Crippen molar-refractivity contribution < 1.29 is 22.7 Å². The van der Waals surface area contributed by atoms with Crippen LogP contribution in [0.1, 0.15) is 42.2 Å². The van der Waals surface area contributed by atoms with E-state index in [0.29, 0.717) is 12.0 Å². The number of hydrogen-bond acceptors (Lipinski definition) is 2. The molecule has 0 saturated heterocycles. The SMILES string of the molecule is CC[C@@H](NCC(O)c1ccccc1C(F)(F)F)c1ccccc1F. The molecule has 0 heterocycles. The van der Waals surface area contributed by atoms with Gasteiger partial charge in [-0.3, -0.25) is 0 Å². The topological polar surface area (TPSA) is 32.3 Å². The van der Waals surface area contributed by atoms with Crippen molar-refractivity contribution in [2.24, 2.45) is 0 Å². The highest BCUT2D eigenvalue weighted by Gasteiger charge is 2.34. The molecule has 2 rings (SSSR count). The normalized spacial score (nSPS) is 14.4. The van der Waals surface area contributed by atoms with Crippen molar-refractivity contribution in [3.8, 4) is 0 Å². The predicted molar refractivity (Wildman–Crippen MR) is 83.8 cm³/mol. The monoisotopic (exact) mass is 341 g/mol. The molecule has 0 radical (unpaired) electrons. The number of hydrogen-bond donors (Lipinski definition) is 2. The van der Waals surface area contributed by atoms with Crippen LogP contribution in [0.3, 0.4) is 0 Å². The fraction of sp³-hybridized carbons (Fsp3) is 0.333. The summed E-state index contributed by atoms with van der Waals surface area (Å²) in [5, 5.41) is 13.1. The Morgan fingerprint density at radius 3 is 2.17 bits per heavy atom. The van der Waals surface area contributed by atoms with Crippen LogP contribution in [0.2, 0.25) is 0 Å². The summed E-state index contributed by atoms with van der Waals surface area (Å²) < 4.78 is 52.9. The van der Waals surface area contributed by atoms with Crippen molar-refractivity contribution in [3.63, 3.8) is 0 Å². The summed E-state index contributed by atoms with van der Waals surface area (Å²) in [7, 11) is 0. The summed E-state index contributed by atoms with van der Waals surface area (Å²) in [4.78, 5) is 0. The Balaban J connectivity index is 2.13. The average Bonchev–Trinajstić information content (AvgIpc) is 2.56. The summed E-state index contributed by atoms with van der Waals surface area (Å²) in [5.74, 6) is -0.387. The van der Waals surface area contributed by atoms with Gasteiger partial charge in [-0.05, 0) is 24.1 Å². The lowest BCUT2D eigenvalue weighted by Crippen LogP contribution is -2.28. The van der Waals surface area contributed by atoms with E-state index in [0.717, 1.165) is 6.07 Å². The van der Waals surface area contributed by atoms with Gasteiger partial charge in [0.2, 0.25) is 0 Å². The minimum atomic E-state index is -4.53. The molecule has 2 aromatic rings. The van der Waals surface area contributed by atoms with E-state index in [1.54, 1.807) is 18.2 Å². The quantitative estimate of drug-likeness (QED) is 0.752. The van der Waals surface area contributed by atoms with Crippen LogP contribution in [0.15, 0.2) is 48.5 Å². The molecule has 0 bridgehead atoms. The minimum absolute atomic E-state index is 0.111. The Bertz CT molecular complexity index is 672. The van der Waals surface area contributed by atoms with Crippen LogP contribution < -0.4 is 5.32 Å². The molecule has 0 spiro atoms. The first-order chi connectivity index (χ1) is 11.3. The van der Waals surface area contributed by atoms with E-state index >= 15 is 0 Å². The van der Waals surface area contributed by atoms with Crippen molar-refractivity contribution in [3.05, 3.63) is 71.0 Å². The molecule has 6 heteroatoms. The minimum Gasteiger partial charge on any atom is -0.387 e. The molecule has 24 heavy (non-hydrogen) atoms. The van der Waals surface area contributed by atoms with Crippen LogP contribution >= 0.6 is 0 Å². The second kappa shape index (κ2) is 7.77. The Morgan fingerprint density at radius 1 is 1.00 bits per heavy atom. The van der Waals surface area contributed by atoms with Gasteiger partial charge in [-0.15, -0.1) is 0 Å². The Kier molecular flexibility index (Phi) is 5.96. The van der Waals surface area contributed by atoms with Crippen molar-refractivity contribution >= 4 is 0 Å². The zero-order chi connectivity index (χ0) is 17.7. The highest BCUT2D eigenvalue weighted by molar-refractivity contribution is 5.31. The Hall–Kier alpha value is -1.92. The zero-order valence-corrected chi connectivity index (χ0v) is 13.1. The maximum absolute atomic E-state index is 13.8. The van der Waals surface area contributed by atoms with Crippen molar-refractivity contribution in [1.29, 1.82) is 0 Å². The summed E-state index contributed by atoms with van der Waals surface area (Å²) in [6.07, 6.45) is -5.34. The highest BCUT2D eigenvalue weighted by Crippen LogP contribution is 2.34. The van der Waals surface area contributed by atoms with Gasteiger partial charge < -0.3 is 10.4 Å². The van der Waals surface area contributed by atoms with Gasteiger partial charge in [-0.25, -0.2) is 4.39 Å². The highest BCUT2D eigenvalue weighted by atomic mass is 19.4. The van der Waals surface area contributed by atoms with Crippen molar-refractivity contribution in [2.45, 2.75) is 31.7 Å². The van der Waals surface area contributed by atoms with Gasteiger partial charge in [0.25, 0.3) is 0 Å². The van der Waals surface area contributed by atoms with Gasteiger partial charge >= 0.3 is 6.18 Å². The number of aliphatic hydroxyl groups excluding tert-OH is 1.